The van der Waals surface area contributed by atoms with Crippen molar-refractivity contribution in [2.45, 2.75) is 4.90 Å². The van der Waals surface area contributed by atoms with E-state index in [2.05, 4.69) is 36.7 Å². The molecule has 0 aliphatic rings. The number of nitrogens with two attached hydrogens (primary N) is 1. The van der Waals surface area contributed by atoms with Gasteiger partial charge in [0.1, 0.15) is 0 Å². The van der Waals surface area contributed by atoms with Gasteiger partial charge in [-0.15, -0.1) is 0 Å². The fourth-order valence-electron chi connectivity index (χ4n) is 1.27. The van der Waals surface area contributed by atoms with Gasteiger partial charge in [-0.1, -0.05) is 0 Å². The lowest BCUT2D eigenvalue weighted by Gasteiger charge is -2.07. The summed E-state index contributed by atoms with van der Waals surface area (Å²) >= 11 is 3.15. The zero-order chi connectivity index (χ0) is 14.0. The van der Waals surface area contributed by atoms with Crippen molar-refractivity contribution >= 4 is 37.5 Å². The summed E-state index contributed by atoms with van der Waals surface area (Å²) in [5, 5.41) is 17.0. The first-order valence-corrected chi connectivity index (χ1v) is 7.21. The maximum atomic E-state index is 11.7. The minimum Gasteiger partial charge on any atom is -0.319 e. The molecule has 19 heavy (non-hydrogen) atoms. The van der Waals surface area contributed by atoms with Crippen molar-refractivity contribution in [1.29, 1.82) is 0 Å². The zero-order valence-electron chi connectivity index (χ0n) is 9.29. The number of aromatic nitrogens is 3. The Hall–Kier alpha value is -1.78. The lowest BCUT2D eigenvalue weighted by molar-refractivity contribution is 0.102. The van der Waals surface area contributed by atoms with Gasteiger partial charge < -0.3 is 5.32 Å². The van der Waals surface area contributed by atoms with E-state index in [9.17, 15) is 13.2 Å². The van der Waals surface area contributed by atoms with Gasteiger partial charge in [0.25, 0.3) is 5.91 Å². The first kappa shape index (κ1) is 13.6. The Kier molecular flexibility index (Phi) is 3.64. The molecule has 1 amide bonds. The van der Waals surface area contributed by atoms with Crippen molar-refractivity contribution in [3.05, 3.63) is 34.6 Å². The van der Waals surface area contributed by atoms with Gasteiger partial charge in [-0.3, -0.25) is 4.79 Å². The normalized spacial score (nSPS) is 11.3. The number of hydrogen-bond acceptors (Lipinski definition) is 5. The fourth-order valence-corrected chi connectivity index (χ4v) is 2.44. The molecule has 0 aliphatic carbocycles. The molecule has 0 atom stereocenters. The monoisotopic (exact) mass is 345 g/mol. The number of H-pyrrole nitrogens is 1. The standard InChI is InChI=1S/C9H8BrN5O3S/c10-6-3-5(19(11,17)18)1-2-7(6)13-9(16)8-4-12-15-14-8/h1-4H,(H,13,16)(H2,11,17,18)(H,12,14,15). The third-order valence-corrected chi connectivity index (χ3v) is 3.73. The molecule has 0 spiro atoms. The van der Waals surface area contributed by atoms with E-state index in [4.69, 9.17) is 5.14 Å². The SMILES string of the molecule is NS(=O)(=O)c1ccc(NC(=O)c2cn[nH]n2)c(Br)c1. The summed E-state index contributed by atoms with van der Waals surface area (Å²) in [6.45, 7) is 0. The van der Waals surface area contributed by atoms with Crippen LogP contribution < -0.4 is 10.5 Å². The number of anilines is 1. The summed E-state index contributed by atoms with van der Waals surface area (Å²) in [5.41, 5.74) is 0.503. The summed E-state index contributed by atoms with van der Waals surface area (Å²) in [6.07, 6.45) is 1.27. The zero-order valence-corrected chi connectivity index (χ0v) is 11.7. The van der Waals surface area contributed by atoms with E-state index >= 15 is 0 Å². The second kappa shape index (κ2) is 5.07. The van der Waals surface area contributed by atoms with Crippen LogP contribution in [0.15, 0.2) is 33.8 Å². The molecule has 1 heterocycles. The van der Waals surface area contributed by atoms with Crippen LogP contribution in [0.5, 0.6) is 0 Å². The third kappa shape index (κ3) is 3.16. The number of nitrogens with one attached hydrogen (secondary N) is 2. The van der Waals surface area contributed by atoms with Crippen molar-refractivity contribution in [2.75, 3.05) is 5.32 Å². The van der Waals surface area contributed by atoms with Gasteiger partial charge in [-0.25, -0.2) is 13.6 Å². The van der Waals surface area contributed by atoms with Gasteiger partial charge in [0.2, 0.25) is 10.0 Å². The number of carbonyl (C=O) groups excluding carboxylic acids is 1. The Bertz CT molecular complexity index is 713. The van der Waals surface area contributed by atoms with Crippen molar-refractivity contribution < 1.29 is 13.2 Å². The number of rotatable bonds is 3. The Morgan fingerprint density at radius 2 is 2.16 bits per heavy atom. The van der Waals surface area contributed by atoms with Crippen LogP contribution in [0, 0.1) is 0 Å². The Balaban J connectivity index is 2.25. The maximum Gasteiger partial charge on any atom is 0.277 e. The highest BCUT2D eigenvalue weighted by Crippen LogP contribution is 2.25. The van der Waals surface area contributed by atoms with Crippen molar-refractivity contribution in [1.82, 2.24) is 15.4 Å². The van der Waals surface area contributed by atoms with Crippen molar-refractivity contribution in [3.8, 4) is 0 Å². The molecule has 1 aromatic carbocycles. The van der Waals surface area contributed by atoms with E-state index in [0.717, 1.165) is 0 Å². The number of hydrogen-bond donors (Lipinski definition) is 3. The quantitative estimate of drug-likeness (QED) is 0.743. The summed E-state index contributed by atoms with van der Waals surface area (Å²) in [5.74, 6) is -0.474. The molecule has 1 aromatic heterocycles. The van der Waals surface area contributed by atoms with Crippen LogP contribution in [-0.4, -0.2) is 29.7 Å². The lowest BCUT2D eigenvalue weighted by Crippen LogP contribution is -2.14. The topological polar surface area (TPSA) is 131 Å². The summed E-state index contributed by atoms with van der Waals surface area (Å²) in [6, 6.07) is 4.01. The average Bonchev–Trinajstić information content (AvgIpc) is 2.84. The highest BCUT2D eigenvalue weighted by molar-refractivity contribution is 9.10. The molecule has 0 aliphatic heterocycles. The average molecular weight is 346 g/mol. The highest BCUT2D eigenvalue weighted by Gasteiger charge is 2.13. The minimum absolute atomic E-state index is 0.0567. The smallest absolute Gasteiger partial charge is 0.277 e. The number of aromatic amines is 1. The molecular formula is C9H8BrN5O3S. The van der Waals surface area contributed by atoms with Crippen LogP contribution in [-0.2, 0) is 10.0 Å². The van der Waals surface area contributed by atoms with Gasteiger partial charge in [-0.2, -0.15) is 15.4 Å². The Morgan fingerprint density at radius 3 is 2.68 bits per heavy atom. The molecule has 0 radical (unpaired) electrons. The first-order valence-electron chi connectivity index (χ1n) is 4.87. The highest BCUT2D eigenvalue weighted by atomic mass is 79.9. The predicted molar refractivity (Wildman–Crippen MR) is 69.9 cm³/mol. The fraction of sp³-hybridized carbons (Fsp3) is 0. The maximum absolute atomic E-state index is 11.7. The molecule has 2 rings (SSSR count). The molecule has 2 aromatic rings. The van der Waals surface area contributed by atoms with Crippen LogP contribution in [0.1, 0.15) is 10.5 Å². The number of primary sulfonamides is 1. The van der Waals surface area contributed by atoms with E-state index < -0.39 is 15.9 Å². The van der Waals surface area contributed by atoms with Crippen LogP contribution in [0.3, 0.4) is 0 Å². The van der Waals surface area contributed by atoms with E-state index in [1.807, 2.05) is 0 Å². The second-order valence-corrected chi connectivity index (χ2v) is 5.91. The minimum atomic E-state index is -3.78. The molecule has 100 valence electrons. The Morgan fingerprint density at radius 1 is 1.42 bits per heavy atom. The molecule has 0 saturated carbocycles. The number of sulfonamides is 1. The van der Waals surface area contributed by atoms with E-state index in [1.165, 1.54) is 24.4 Å². The summed E-state index contributed by atoms with van der Waals surface area (Å²) in [7, 11) is -3.78. The molecule has 0 saturated heterocycles. The predicted octanol–water partition coefficient (Wildman–Crippen LogP) is 0.467. The van der Waals surface area contributed by atoms with Crippen molar-refractivity contribution in [2.24, 2.45) is 5.14 Å². The number of halogens is 1. The number of benzene rings is 1. The van der Waals surface area contributed by atoms with E-state index in [1.54, 1.807) is 0 Å². The Labute approximate surface area is 116 Å². The van der Waals surface area contributed by atoms with Gasteiger partial charge in [0.05, 0.1) is 16.8 Å². The largest absolute Gasteiger partial charge is 0.319 e. The molecule has 0 fully saturated rings. The van der Waals surface area contributed by atoms with Crippen molar-refractivity contribution in [3.63, 3.8) is 0 Å². The lowest BCUT2D eigenvalue weighted by atomic mass is 10.3. The first-order chi connectivity index (χ1) is 8.88. The summed E-state index contributed by atoms with van der Waals surface area (Å²) in [4.78, 5) is 11.7. The van der Waals surface area contributed by atoms with Gasteiger partial charge in [0.15, 0.2) is 5.69 Å². The van der Waals surface area contributed by atoms with E-state index in [-0.39, 0.29) is 10.6 Å². The van der Waals surface area contributed by atoms with Gasteiger partial charge in [0, 0.05) is 4.47 Å². The number of nitrogens with zero attached hydrogens (tertiary/aromatic N) is 2. The van der Waals surface area contributed by atoms with Gasteiger partial charge >= 0.3 is 0 Å². The second-order valence-electron chi connectivity index (χ2n) is 3.50. The van der Waals surface area contributed by atoms with Crippen LogP contribution in [0.4, 0.5) is 5.69 Å². The van der Waals surface area contributed by atoms with Crippen LogP contribution >= 0.6 is 15.9 Å². The molecule has 0 bridgehead atoms. The molecule has 4 N–H and O–H groups in total. The van der Waals surface area contributed by atoms with Crippen LogP contribution in [0.2, 0.25) is 0 Å². The van der Waals surface area contributed by atoms with E-state index in [0.29, 0.717) is 10.2 Å². The molecule has 0 unspecified atom stereocenters. The number of amides is 1. The number of carbonyl (C=O) groups is 1. The molecular weight excluding hydrogens is 338 g/mol. The summed E-state index contributed by atoms with van der Waals surface area (Å²) < 4.78 is 22.7. The van der Waals surface area contributed by atoms with Crippen LogP contribution in [0.25, 0.3) is 0 Å². The molecule has 8 nitrogen and oxygen atoms in total. The molecule has 10 heteroatoms. The van der Waals surface area contributed by atoms with Gasteiger partial charge in [-0.05, 0) is 34.1 Å². The third-order valence-electron chi connectivity index (χ3n) is 2.16.